The van der Waals surface area contributed by atoms with Gasteiger partial charge in [-0.25, -0.2) is 4.98 Å². The maximum Gasteiger partial charge on any atom is 0.310 e. The van der Waals surface area contributed by atoms with Crippen molar-refractivity contribution in [1.29, 1.82) is 0 Å². The first-order valence-corrected chi connectivity index (χ1v) is 9.23. The molecule has 0 unspecified atom stereocenters. The van der Waals surface area contributed by atoms with Crippen molar-refractivity contribution in [2.75, 3.05) is 11.9 Å². The smallest absolute Gasteiger partial charge is 0.310 e. The van der Waals surface area contributed by atoms with Gasteiger partial charge in [0, 0.05) is 17.3 Å². The van der Waals surface area contributed by atoms with E-state index in [0.29, 0.717) is 11.5 Å². The Bertz CT molecular complexity index is 1220. The number of aromatic nitrogens is 2. The van der Waals surface area contributed by atoms with E-state index >= 15 is 0 Å². The highest BCUT2D eigenvalue weighted by Crippen LogP contribution is 2.27. The molecule has 8 heteroatoms. The molecule has 2 N–H and O–H groups in total. The van der Waals surface area contributed by atoms with Gasteiger partial charge in [0.2, 0.25) is 0 Å². The summed E-state index contributed by atoms with van der Waals surface area (Å²) in [5.74, 6) is 0.325. The number of imidazole rings is 1. The molecule has 0 aliphatic heterocycles. The van der Waals surface area contributed by atoms with Crippen LogP contribution in [-0.4, -0.2) is 27.4 Å². The molecule has 1 aromatic heterocycles. The standard InChI is InChI=1S/C22H18N4O4/c1-14-10-11-15(22-24-16-6-2-3-7-17(16)25-22)12-18(14)23-21(27)13-30-20-9-5-4-8-19(20)26(28)29/h2-12H,13H2,1H3,(H,23,27)(H,24,25). The number of para-hydroxylation sites is 4. The van der Waals surface area contributed by atoms with E-state index in [-0.39, 0.29) is 18.0 Å². The van der Waals surface area contributed by atoms with Gasteiger partial charge in [-0.1, -0.05) is 36.4 Å². The molecule has 0 saturated carbocycles. The van der Waals surface area contributed by atoms with Crippen LogP contribution in [-0.2, 0) is 4.79 Å². The van der Waals surface area contributed by atoms with E-state index in [1.807, 2.05) is 49.4 Å². The van der Waals surface area contributed by atoms with Gasteiger partial charge in [0.25, 0.3) is 5.91 Å². The molecule has 0 radical (unpaired) electrons. The normalized spacial score (nSPS) is 10.7. The van der Waals surface area contributed by atoms with Crippen LogP contribution in [0.5, 0.6) is 5.75 Å². The van der Waals surface area contributed by atoms with Gasteiger partial charge in [-0.15, -0.1) is 0 Å². The van der Waals surface area contributed by atoms with Crippen LogP contribution in [0.4, 0.5) is 11.4 Å². The van der Waals surface area contributed by atoms with Crippen LogP contribution in [0, 0.1) is 17.0 Å². The molecular formula is C22H18N4O4. The van der Waals surface area contributed by atoms with Crippen molar-refractivity contribution in [2.24, 2.45) is 0 Å². The van der Waals surface area contributed by atoms with E-state index in [1.165, 1.54) is 18.2 Å². The maximum absolute atomic E-state index is 12.4. The predicted molar refractivity (Wildman–Crippen MR) is 113 cm³/mol. The summed E-state index contributed by atoms with van der Waals surface area (Å²) in [7, 11) is 0. The number of carbonyl (C=O) groups is 1. The summed E-state index contributed by atoms with van der Waals surface area (Å²) in [6.07, 6.45) is 0. The summed E-state index contributed by atoms with van der Waals surface area (Å²) in [6, 6.07) is 19.3. The molecular weight excluding hydrogens is 384 g/mol. The van der Waals surface area contributed by atoms with Crippen molar-refractivity contribution in [1.82, 2.24) is 9.97 Å². The lowest BCUT2D eigenvalue weighted by molar-refractivity contribution is -0.385. The lowest BCUT2D eigenvalue weighted by atomic mass is 10.1. The molecule has 4 aromatic rings. The van der Waals surface area contributed by atoms with E-state index in [4.69, 9.17) is 4.74 Å². The Morgan fingerprint density at radius 2 is 1.90 bits per heavy atom. The fourth-order valence-electron chi connectivity index (χ4n) is 3.05. The summed E-state index contributed by atoms with van der Waals surface area (Å²) in [6.45, 7) is 1.53. The van der Waals surface area contributed by atoms with Crippen LogP contribution >= 0.6 is 0 Å². The van der Waals surface area contributed by atoms with E-state index in [2.05, 4.69) is 15.3 Å². The second-order valence-electron chi connectivity index (χ2n) is 6.69. The third kappa shape index (κ3) is 3.97. The average molecular weight is 402 g/mol. The Balaban J connectivity index is 1.50. The number of benzene rings is 3. The van der Waals surface area contributed by atoms with Gasteiger partial charge in [-0.3, -0.25) is 14.9 Å². The number of nitro benzene ring substituents is 1. The largest absolute Gasteiger partial charge is 0.477 e. The number of aryl methyl sites for hydroxylation is 1. The molecule has 1 heterocycles. The number of rotatable bonds is 6. The summed E-state index contributed by atoms with van der Waals surface area (Å²) < 4.78 is 5.35. The Labute approximate surface area is 171 Å². The molecule has 4 rings (SSSR count). The highest BCUT2D eigenvalue weighted by molar-refractivity contribution is 5.93. The number of nitrogens with zero attached hydrogens (tertiary/aromatic N) is 2. The topological polar surface area (TPSA) is 110 Å². The van der Waals surface area contributed by atoms with Crippen LogP contribution in [0.3, 0.4) is 0 Å². The average Bonchev–Trinajstić information content (AvgIpc) is 3.18. The molecule has 3 aromatic carbocycles. The molecule has 0 saturated heterocycles. The van der Waals surface area contributed by atoms with Crippen molar-refractivity contribution >= 4 is 28.3 Å². The number of hydrogen-bond donors (Lipinski definition) is 2. The Morgan fingerprint density at radius 3 is 2.70 bits per heavy atom. The van der Waals surface area contributed by atoms with Crippen LogP contribution in [0.25, 0.3) is 22.4 Å². The van der Waals surface area contributed by atoms with Crippen molar-refractivity contribution in [3.63, 3.8) is 0 Å². The van der Waals surface area contributed by atoms with Crippen molar-refractivity contribution in [3.05, 3.63) is 82.4 Å². The maximum atomic E-state index is 12.4. The molecule has 150 valence electrons. The molecule has 0 spiro atoms. The number of H-pyrrole nitrogens is 1. The van der Waals surface area contributed by atoms with Crippen LogP contribution < -0.4 is 10.1 Å². The first-order chi connectivity index (χ1) is 14.5. The zero-order chi connectivity index (χ0) is 21.1. The number of aromatic amines is 1. The minimum absolute atomic E-state index is 0.0467. The quantitative estimate of drug-likeness (QED) is 0.365. The lowest BCUT2D eigenvalue weighted by Crippen LogP contribution is -2.21. The SMILES string of the molecule is Cc1ccc(-c2nc3ccccc3[nH]2)cc1NC(=O)COc1ccccc1[N+](=O)[O-]. The molecule has 0 aliphatic rings. The molecule has 0 bridgehead atoms. The minimum atomic E-state index is -0.547. The number of carbonyl (C=O) groups excluding carboxylic acids is 1. The summed E-state index contributed by atoms with van der Waals surface area (Å²) in [5.41, 5.74) is 3.91. The van der Waals surface area contributed by atoms with Gasteiger partial charge in [-0.2, -0.15) is 0 Å². The first-order valence-electron chi connectivity index (χ1n) is 9.23. The fraction of sp³-hybridized carbons (Fsp3) is 0.0909. The summed E-state index contributed by atoms with van der Waals surface area (Å²) in [4.78, 5) is 30.7. The van der Waals surface area contributed by atoms with Gasteiger partial charge in [-0.05, 0) is 36.8 Å². The summed E-state index contributed by atoms with van der Waals surface area (Å²) >= 11 is 0. The molecule has 30 heavy (non-hydrogen) atoms. The number of nitrogens with one attached hydrogen (secondary N) is 2. The third-order valence-electron chi connectivity index (χ3n) is 4.60. The zero-order valence-corrected chi connectivity index (χ0v) is 16.1. The van der Waals surface area contributed by atoms with Gasteiger partial charge in [0.15, 0.2) is 12.4 Å². The number of anilines is 1. The Morgan fingerprint density at radius 1 is 1.13 bits per heavy atom. The predicted octanol–water partition coefficient (Wildman–Crippen LogP) is 4.46. The van der Waals surface area contributed by atoms with E-state index < -0.39 is 10.8 Å². The van der Waals surface area contributed by atoms with Crippen LogP contribution in [0.15, 0.2) is 66.7 Å². The van der Waals surface area contributed by atoms with Gasteiger partial charge < -0.3 is 15.0 Å². The molecule has 8 nitrogen and oxygen atoms in total. The van der Waals surface area contributed by atoms with Crippen molar-refractivity contribution < 1.29 is 14.5 Å². The van der Waals surface area contributed by atoms with Crippen LogP contribution in [0.2, 0.25) is 0 Å². The fourth-order valence-corrected chi connectivity index (χ4v) is 3.05. The third-order valence-corrected chi connectivity index (χ3v) is 4.60. The highest BCUT2D eigenvalue weighted by Gasteiger charge is 2.15. The molecule has 0 aliphatic carbocycles. The lowest BCUT2D eigenvalue weighted by Gasteiger charge is -2.11. The second-order valence-corrected chi connectivity index (χ2v) is 6.69. The Hall–Kier alpha value is -4.20. The van der Waals surface area contributed by atoms with E-state index in [0.717, 1.165) is 22.2 Å². The number of fused-ring (bicyclic) bond motifs is 1. The number of nitro groups is 1. The van der Waals surface area contributed by atoms with Gasteiger partial charge >= 0.3 is 5.69 Å². The minimum Gasteiger partial charge on any atom is -0.477 e. The molecule has 1 amide bonds. The molecule has 0 fully saturated rings. The Kier molecular flexibility index (Phi) is 5.13. The summed E-state index contributed by atoms with van der Waals surface area (Å²) in [5, 5.41) is 13.9. The van der Waals surface area contributed by atoms with Crippen LogP contribution in [0.1, 0.15) is 5.56 Å². The second kappa shape index (κ2) is 8.04. The monoisotopic (exact) mass is 402 g/mol. The van der Waals surface area contributed by atoms with Crippen molar-refractivity contribution in [3.8, 4) is 17.1 Å². The molecule has 0 atom stereocenters. The van der Waals surface area contributed by atoms with Gasteiger partial charge in [0.05, 0.1) is 16.0 Å². The van der Waals surface area contributed by atoms with E-state index in [1.54, 1.807) is 6.07 Å². The number of amides is 1. The highest BCUT2D eigenvalue weighted by atomic mass is 16.6. The van der Waals surface area contributed by atoms with Gasteiger partial charge in [0.1, 0.15) is 5.82 Å². The number of ether oxygens (including phenoxy) is 1. The first kappa shape index (κ1) is 19.1. The zero-order valence-electron chi connectivity index (χ0n) is 16.1. The van der Waals surface area contributed by atoms with E-state index in [9.17, 15) is 14.9 Å². The number of hydrogen-bond acceptors (Lipinski definition) is 5. The van der Waals surface area contributed by atoms with Crippen molar-refractivity contribution in [2.45, 2.75) is 6.92 Å².